The van der Waals surface area contributed by atoms with Gasteiger partial charge in [0.2, 0.25) is 5.91 Å². The Kier molecular flexibility index (Phi) is 4.99. The van der Waals surface area contributed by atoms with Crippen LogP contribution in [0.5, 0.6) is 0 Å². The zero-order chi connectivity index (χ0) is 18.8. The Morgan fingerprint density at radius 1 is 1.15 bits per heavy atom. The Bertz CT molecular complexity index is 1180. The van der Waals surface area contributed by atoms with E-state index in [1.807, 2.05) is 35.7 Å². The summed E-state index contributed by atoms with van der Waals surface area (Å²) in [6, 6.07) is 15.1. The summed E-state index contributed by atoms with van der Waals surface area (Å²) in [5.41, 5.74) is 2.16. The van der Waals surface area contributed by atoms with Gasteiger partial charge in [-0.2, -0.15) is 0 Å². The average molecular weight is 488 g/mol. The van der Waals surface area contributed by atoms with Crippen molar-refractivity contribution >= 4 is 55.9 Å². The van der Waals surface area contributed by atoms with Crippen LogP contribution in [0.1, 0.15) is 0 Å². The summed E-state index contributed by atoms with van der Waals surface area (Å²) < 4.78 is 2.44. The molecule has 0 aliphatic heterocycles. The number of anilines is 1. The Balaban J connectivity index is 1.49. The summed E-state index contributed by atoms with van der Waals surface area (Å²) in [6.07, 6.45) is 1.39. The minimum atomic E-state index is -0.322. The Morgan fingerprint density at radius 2 is 1.93 bits per heavy atom. The fourth-order valence-corrected chi connectivity index (χ4v) is 3.71. The molecule has 27 heavy (non-hydrogen) atoms. The average Bonchev–Trinajstić information content (AvgIpc) is 3.13. The van der Waals surface area contributed by atoms with Crippen LogP contribution in [0.25, 0.3) is 22.2 Å². The van der Waals surface area contributed by atoms with Gasteiger partial charge in [0.15, 0.2) is 5.13 Å². The zero-order valence-corrected chi connectivity index (χ0v) is 16.9. The summed E-state index contributed by atoms with van der Waals surface area (Å²) >= 11 is 3.59. The van der Waals surface area contributed by atoms with E-state index in [0.29, 0.717) is 16.0 Å². The van der Waals surface area contributed by atoms with E-state index in [1.165, 1.54) is 22.2 Å². The van der Waals surface area contributed by atoms with Crippen molar-refractivity contribution in [2.45, 2.75) is 6.54 Å². The molecule has 4 rings (SSSR count). The highest BCUT2D eigenvalue weighted by Crippen LogP contribution is 2.25. The largest absolute Gasteiger partial charge is 0.300 e. The number of carbonyl (C=O) groups excluding carboxylic acids is 1. The lowest BCUT2D eigenvalue weighted by molar-refractivity contribution is -0.116. The molecule has 6 nitrogen and oxygen atoms in total. The molecule has 4 aromatic rings. The number of carbonyl (C=O) groups is 1. The highest BCUT2D eigenvalue weighted by molar-refractivity contribution is 14.1. The number of fused-ring (bicyclic) bond motifs is 1. The molecule has 0 aliphatic carbocycles. The van der Waals surface area contributed by atoms with Crippen molar-refractivity contribution in [1.29, 1.82) is 0 Å². The lowest BCUT2D eigenvalue weighted by Gasteiger charge is -2.06. The third-order valence-electron chi connectivity index (χ3n) is 3.94. The van der Waals surface area contributed by atoms with Crippen LogP contribution in [0, 0.1) is 3.57 Å². The molecule has 0 unspecified atom stereocenters. The van der Waals surface area contributed by atoms with E-state index >= 15 is 0 Å². The van der Waals surface area contributed by atoms with Crippen LogP contribution in [0.3, 0.4) is 0 Å². The fraction of sp³-hybridized carbons (Fsp3) is 0.0526. The van der Waals surface area contributed by atoms with Crippen molar-refractivity contribution in [3.63, 3.8) is 0 Å². The van der Waals surface area contributed by atoms with Gasteiger partial charge in [-0.15, -0.1) is 11.3 Å². The van der Waals surface area contributed by atoms with Gasteiger partial charge in [0.1, 0.15) is 6.54 Å². The molecule has 0 saturated heterocycles. The molecule has 2 aromatic carbocycles. The number of nitrogens with one attached hydrogen (secondary N) is 1. The smallest absolute Gasteiger partial charge is 0.261 e. The van der Waals surface area contributed by atoms with Crippen LogP contribution in [0.4, 0.5) is 5.13 Å². The maximum atomic E-state index is 12.5. The summed E-state index contributed by atoms with van der Waals surface area (Å²) in [5, 5.41) is 5.62. The summed E-state index contributed by atoms with van der Waals surface area (Å²) in [5.74, 6) is -0.322. The number of benzene rings is 2. The number of aromatic nitrogens is 3. The third-order valence-corrected chi connectivity index (χ3v) is 5.41. The predicted octanol–water partition coefficient (Wildman–Crippen LogP) is 3.76. The molecule has 1 amide bonds. The van der Waals surface area contributed by atoms with Gasteiger partial charge >= 0.3 is 0 Å². The molecule has 8 heteroatoms. The number of para-hydroxylation sites is 1. The second kappa shape index (κ2) is 7.57. The van der Waals surface area contributed by atoms with Crippen molar-refractivity contribution in [3.8, 4) is 11.3 Å². The highest BCUT2D eigenvalue weighted by atomic mass is 127. The van der Waals surface area contributed by atoms with E-state index in [2.05, 4.69) is 37.9 Å². The van der Waals surface area contributed by atoms with Crippen LogP contribution < -0.4 is 10.9 Å². The van der Waals surface area contributed by atoms with Gasteiger partial charge in [-0.3, -0.25) is 14.2 Å². The number of thiazole rings is 1. The van der Waals surface area contributed by atoms with E-state index in [9.17, 15) is 9.59 Å². The number of hydrogen-bond acceptors (Lipinski definition) is 5. The van der Waals surface area contributed by atoms with Crippen molar-refractivity contribution in [2.75, 3.05) is 5.32 Å². The number of nitrogens with zero attached hydrogens (tertiary/aromatic N) is 3. The molecule has 0 radical (unpaired) electrons. The van der Waals surface area contributed by atoms with Crippen LogP contribution in [-0.4, -0.2) is 20.4 Å². The lowest BCUT2D eigenvalue weighted by Crippen LogP contribution is -2.27. The Hall–Kier alpha value is -2.59. The van der Waals surface area contributed by atoms with Crippen LogP contribution in [0.2, 0.25) is 0 Å². The van der Waals surface area contributed by atoms with E-state index < -0.39 is 0 Å². The van der Waals surface area contributed by atoms with Gasteiger partial charge in [0.25, 0.3) is 5.56 Å². The first kappa shape index (κ1) is 17.8. The molecule has 134 valence electrons. The van der Waals surface area contributed by atoms with Crippen LogP contribution in [-0.2, 0) is 11.3 Å². The van der Waals surface area contributed by atoms with E-state index in [-0.39, 0.29) is 18.0 Å². The van der Waals surface area contributed by atoms with Crippen LogP contribution in [0.15, 0.2) is 65.0 Å². The van der Waals surface area contributed by atoms with Crippen molar-refractivity contribution in [1.82, 2.24) is 14.5 Å². The SMILES string of the molecule is O=C(Cn1cnc2ccccc2c1=O)Nc1nc(-c2ccc(I)cc2)cs1. The standard InChI is InChI=1S/C19H13IN4O2S/c20-13-7-5-12(6-8-13)16-10-27-19(22-16)23-17(25)9-24-11-21-15-4-2-1-3-14(15)18(24)26/h1-8,10-11H,9H2,(H,22,23,25). The van der Waals surface area contributed by atoms with E-state index in [0.717, 1.165) is 14.8 Å². The van der Waals surface area contributed by atoms with Gasteiger partial charge in [-0.25, -0.2) is 9.97 Å². The van der Waals surface area contributed by atoms with Gasteiger partial charge in [-0.1, -0.05) is 24.3 Å². The molecule has 0 aliphatic rings. The summed E-state index contributed by atoms with van der Waals surface area (Å²) in [7, 11) is 0. The molecular formula is C19H13IN4O2S. The predicted molar refractivity (Wildman–Crippen MR) is 115 cm³/mol. The molecule has 2 aromatic heterocycles. The Labute approximate surface area is 172 Å². The van der Waals surface area contributed by atoms with Crippen molar-refractivity contribution < 1.29 is 4.79 Å². The number of rotatable bonds is 4. The van der Waals surface area contributed by atoms with Gasteiger partial charge in [-0.05, 0) is 46.9 Å². The molecular weight excluding hydrogens is 475 g/mol. The first-order chi connectivity index (χ1) is 13.1. The third kappa shape index (κ3) is 3.91. The highest BCUT2D eigenvalue weighted by Gasteiger charge is 2.11. The first-order valence-corrected chi connectivity index (χ1v) is 10.0. The van der Waals surface area contributed by atoms with Gasteiger partial charge < -0.3 is 5.32 Å². The topological polar surface area (TPSA) is 76.9 Å². The minimum absolute atomic E-state index is 0.116. The molecule has 0 fully saturated rings. The fourth-order valence-electron chi connectivity index (χ4n) is 2.62. The maximum absolute atomic E-state index is 12.5. The molecule has 0 atom stereocenters. The number of halogens is 1. The summed E-state index contributed by atoms with van der Waals surface area (Å²) in [4.78, 5) is 33.5. The van der Waals surface area contributed by atoms with Gasteiger partial charge in [0, 0.05) is 14.5 Å². The van der Waals surface area contributed by atoms with Crippen molar-refractivity contribution in [2.24, 2.45) is 0 Å². The molecule has 0 bridgehead atoms. The Morgan fingerprint density at radius 3 is 2.74 bits per heavy atom. The van der Waals surface area contributed by atoms with E-state index in [4.69, 9.17) is 0 Å². The molecule has 0 saturated carbocycles. The maximum Gasteiger partial charge on any atom is 0.261 e. The zero-order valence-electron chi connectivity index (χ0n) is 13.9. The molecule has 0 spiro atoms. The molecule has 2 heterocycles. The number of amides is 1. The lowest BCUT2D eigenvalue weighted by atomic mass is 10.2. The van der Waals surface area contributed by atoms with E-state index in [1.54, 1.807) is 18.2 Å². The normalized spacial score (nSPS) is 10.9. The minimum Gasteiger partial charge on any atom is -0.300 e. The van der Waals surface area contributed by atoms with Crippen LogP contribution >= 0.6 is 33.9 Å². The summed E-state index contributed by atoms with van der Waals surface area (Å²) in [6.45, 7) is -0.116. The van der Waals surface area contributed by atoms with Gasteiger partial charge in [0.05, 0.1) is 22.9 Å². The monoisotopic (exact) mass is 488 g/mol. The molecule has 1 N–H and O–H groups in total. The van der Waals surface area contributed by atoms with Crippen molar-refractivity contribution in [3.05, 3.63) is 74.2 Å². The number of hydrogen-bond donors (Lipinski definition) is 1. The quantitative estimate of drug-likeness (QED) is 0.444. The first-order valence-electron chi connectivity index (χ1n) is 8.06. The second-order valence-electron chi connectivity index (χ2n) is 5.79. The second-order valence-corrected chi connectivity index (χ2v) is 7.89.